The van der Waals surface area contributed by atoms with Crippen LogP contribution in [0.2, 0.25) is 0 Å². The number of nitrogens with two attached hydrogens (primary N) is 1. The molecular weight excluding hydrogens is 254 g/mol. The highest BCUT2D eigenvalue weighted by atomic mass is 16.5. The Bertz CT molecular complexity index is 559. The monoisotopic (exact) mass is 273 g/mol. The van der Waals surface area contributed by atoms with E-state index in [-0.39, 0.29) is 18.0 Å². The molecule has 0 aliphatic heterocycles. The van der Waals surface area contributed by atoms with Crippen molar-refractivity contribution < 1.29 is 4.74 Å². The van der Waals surface area contributed by atoms with Gasteiger partial charge in [-0.3, -0.25) is 0 Å². The zero-order valence-corrected chi connectivity index (χ0v) is 11.9. The van der Waals surface area contributed by atoms with Crippen LogP contribution in [0.5, 0.6) is 6.01 Å². The van der Waals surface area contributed by atoms with E-state index in [0.717, 1.165) is 0 Å². The molecule has 0 bridgehead atoms. The van der Waals surface area contributed by atoms with E-state index in [2.05, 4.69) is 45.8 Å². The van der Waals surface area contributed by atoms with Gasteiger partial charge in [-0.1, -0.05) is 30.3 Å². The summed E-state index contributed by atoms with van der Waals surface area (Å²) in [6, 6.07) is 10.6. The predicted octanol–water partition coefficient (Wildman–Crippen LogP) is 1.88. The summed E-state index contributed by atoms with van der Waals surface area (Å²) in [5, 5.41) is 0. The standard InChI is InChI=1S/C14H19N5O/c1-10(2)19(9-11-7-5-4-6-8-11)13-16-12(15)17-14(18-13)20-3/h4-8,10H,9H2,1-3H3,(H2,15,16,17,18). The Kier molecular flexibility index (Phi) is 4.34. The summed E-state index contributed by atoms with van der Waals surface area (Å²) in [4.78, 5) is 14.4. The van der Waals surface area contributed by atoms with Crippen LogP contribution in [-0.4, -0.2) is 28.1 Å². The summed E-state index contributed by atoms with van der Waals surface area (Å²) >= 11 is 0. The zero-order valence-electron chi connectivity index (χ0n) is 11.9. The van der Waals surface area contributed by atoms with Gasteiger partial charge in [-0.2, -0.15) is 15.0 Å². The van der Waals surface area contributed by atoms with E-state index in [1.54, 1.807) is 0 Å². The van der Waals surface area contributed by atoms with Crippen LogP contribution in [0.3, 0.4) is 0 Å². The van der Waals surface area contributed by atoms with Crippen LogP contribution < -0.4 is 15.4 Å². The minimum Gasteiger partial charge on any atom is -0.467 e. The maximum Gasteiger partial charge on any atom is 0.322 e. The van der Waals surface area contributed by atoms with Gasteiger partial charge >= 0.3 is 6.01 Å². The van der Waals surface area contributed by atoms with E-state index in [4.69, 9.17) is 10.5 Å². The molecule has 0 saturated heterocycles. The van der Waals surface area contributed by atoms with Crippen LogP contribution in [0.1, 0.15) is 19.4 Å². The van der Waals surface area contributed by atoms with Crippen molar-refractivity contribution in [2.75, 3.05) is 17.7 Å². The normalized spacial score (nSPS) is 10.6. The number of methoxy groups -OCH3 is 1. The van der Waals surface area contributed by atoms with Crippen LogP contribution in [0.25, 0.3) is 0 Å². The van der Waals surface area contributed by atoms with Gasteiger partial charge in [0.2, 0.25) is 11.9 Å². The highest BCUT2D eigenvalue weighted by molar-refractivity contribution is 5.38. The van der Waals surface area contributed by atoms with Crippen molar-refractivity contribution in [3.63, 3.8) is 0 Å². The number of nitrogens with zero attached hydrogens (tertiary/aromatic N) is 4. The Hall–Kier alpha value is -2.37. The lowest BCUT2D eigenvalue weighted by molar-refractivity contribution is 0.378. The average Bonchev–Trinajstić information content (AvgIpc) is 2.44. The first-order valence-electron chi connectivity index (χ1n) is 6.46. The summed E-state index contributed by atoms with van der Waals surface area (Å²) < 4.78 is 5.05. The van der Waals surface area contributed by atoms with Crippen LogP contribution >= 0.6 is 0 Å². The van der Waals surface area contributed by atoms with Gasteiger partial charge in [0.15, 0.2) is 0 Å². The first-order chi connectivity index (χ1) is 9.60. The zero-order chi connectivity index (χ0) is 14.5. The van der Waals surface area contributed by atoms with E-state index in [1.165, 1.54) is 12.7 Å². The first kappa shape index (κ1) is 14.0. The van der Waals surface area contributed by atoms with Gasteiger partial charge in [-0.25, -0.2) is 0 Å². The van der Waals surface area contributed by atoms with E-state index in [1.807, 2.05) is 18.2 Å². The van der Waals surface area contributed by atoms with Gasteiger partial charge in [0, 0.05) is 12.6 Å². The van der Waals surface area contributed by atoms with Crippen molar-refractivity contribution in [2.45, 2.75) is 26.4 Å². The summed E-state index contributed by atoms with van der Waals surface area (Å²) in [7, 11) is 1.51. The van der Waals surface area contributed by atoms with Crippen molar-refractivity contribution in [1.29, 1.82) is 0 Å². The van der Waals surface area contributed by atoms with Crippen molar-refractivity contribution in [1.82, 2.24) is 15.0 Å². The fourth-order valence-electron chi connectivity index (χ4n) is 1.85. The molecule has 0 spiro atoms. The Morgan fingerprint density at radius 3 is 2.45 bits per heavy atom. The smallest absolute Gasteiger partial charge is 0.322 e. The van der Waals surface area contributed by atoms with Gasteiger partial charge in [0.25, 0.3) is 0 Å². The molecule has 0 amide bonds. The van der Waals surface area contributed by atoms with Crippen molar-refractivity contribution >= 4 is 11.9 Å². The largest absolute Gasteiger partial charge is 0.467 e. The lowest BCUT2D eigenvalue weighted by Crippen LogP contribution is -2.32. The molecule has 2 aromatic rings. The molecular formula is C14H19N5O. The van der Waals surface area contributed by atoms with E-state index in [9.17, 15) is 0 Å². The molecule has 6 heteroatoms. The second-order valence-electron chi connectivity index (χ2n) is 4.69. The molecule has 1 aromatic carbocycles. The van der Waals surface area contributed by atoms with E-state index < -0.39 is 0 Å². The molecule has 2 N–H and O–H groups in total. The topological polar surface area (TPSA) is 77.2 Å². The quantitative estimate of drug-likeness (QED) is 0.896. The van der Waals surface area contributed by atoms with Gasteiger partial charge in [0.1, 0.15) is 0 Å². The Balaban J connectivity index is 2.31. The van der Waals surface area contributed by atoms with Gasteiger partial charge in [-0.15, -0.1) is 0 Å². The van der Waals surface area contributed by atoms with Gasteiger partial charge in [0.05, 0.1) is 7.11 Å². The van der Waals surface area contributed by atoms with Crippen LogP contribution in [0.15, 0.2) is 30.3 Å². The Morgan fingerprint density at radius 2 is 1.85 bits per heavy atom. The number of benzene rings is 1. The van der Waals surface area contributed by atoms with E-state index >= 15 is 0 Å². The molecule has 0 atom stereocenters. The third-order valence-electron chi connectivity index (χ3n) is 2.88. The predicted molar refractivity (Wildman–Crippen MR) is 78.6 cm³/mol. The maximum absolute atomic E-state index is 5.70. The number of nitrogen functional groups attached to an aromatic ring is 1. The summed E-state index contributed by atoms with van der Waals surface area (Å²) in [5.74, 6) is 0.679. The molecule has 1 aromatic heterocycles. The molecule has 20 heavy (non-hydrogen) atoms. The number of anilines is 2. The number of hydrogen-bond acceptors (Lipinski definition) is 6. The second-order valence-corrected chi connectivity index (χ2v) is 4.69. The average molecular weight is 273 g/mol. The molecule has 0 aliphatic rings. The number of aromatic nitrogens is 3. The number of hydrogen-bond donors (Lipinski definition) is 1. The fourth-order valence-corrected chi connectivity index (χ4v) is 1.85. The summed E-state index contributed by atoms with van der Waals surface area (Å²) in [6.07, 6.45) is 0. The Labute approximate surface area is 118 Å². The first-order valence-corrected chi connectivity index (χ1v) is 6.46. The molecule has 0 unspecified atom stereocenters. The summed E-state index contributed by atoms with van der Waals surface area (Å²) in [6.45, 7) is 4.86. The maximum atomic E-state index is 5.70. The second kappa shape index (κ2) is 6.18. The van der Waals surface area contributed by atoms with Crippen molar-refractivity contribution in [2.24, 2.45) is 0 Å². The van der Waals surface area contributed by atoms with Gasteiger partial charge < -0.3 is 15.4 Å². The minimum absolute atomic E-state index is 0.158. The molecule has 0 radical (unpaired) electrons. The molecule has 106 valence electrons. The highest BCUT2D eigenvalue weighted by Gasteiger charge is 2.16. The third kappa shape index (κ3) is 3.34. The van der Waals surface area contributed by atoms with Crippen molar-refractivity contribution in [3.8, 4) is 6.01 Å². The lowest BCUT2D eigenvalue weighted by atomic mass is 10.2. The molecule has 0 aliphatic carbocycles. The third-order valence-corrected chi connectivity index (χ3v) is 2.88. The molecule has 0 fully saturated rings. The Morgan fingerprint density at radius 1 is 1.15 bits per heavy atom. The molecule has 2 rings (SSSR count). The fraction of sp³-hybridized carbons (Fsp3) is 0.357. The number of ether oxygens (including phenoxy) is 1. The van der Waals surface area contributed by atoms with Crippen molar-refractivity contribution in [3.05, 3.63) is 35.9 Å². The molecule has 0 saturated carbocycles. The SMILES string of the molecule is COc1nc(N)nc(N(Cc2ccccc2)C(C)C)n1. The van der Waals surface area contributed by atoms with Gasteiger partial charge in [-0.05, 0) is 19.4 Å². The highest BCUT2D eigenvalue weighted by Crippen LogP contribution is 2.18. The number of rotatable bonds is 5. The summed E-state index contributed by atoms with van der Waals surface area (Å²) in [5.41, 5.74) is 6.88. The van der Waals surface area contributed by atoms with E-state index in [0.29, 0.717) is 12.5 Å². The minimum atomic E-state index is 0.158. The lowest BCUT2D eigenvalue weighted by Gasteiger charge is -2.26. The van der Waals surface area contributed by atoms with Crippen LogP contribution in [0.4, 0.5) is 11.9 Å². The molecule has 1 heterocycles. The molecule has 6 nitrogen and oxygen atoms in total. The van der Waals surface area contributed by atoms with Crippen LogP contribution in [0, 0.1) is 0 Å². The van der Waals surface area contributed by atoms with Crippen LogP contribution in [-0.2, 0) is 6.54 Å².